The van der Waals surface area contributed by atoms with Crippen LogP contribution < -0.4 is 0 Å². The van der Waals surface area contributed by atoms with Gasteiger partial charge in [-0.2, -0.15) is 0 Å². The van der Waals surface area contributed by atoms with E-state index in [-0.39, 0.29) is 29.9 Å². The largest absolute Gasteiger partial charge is 0.360 e. The highest BCUT2D eigenvalue weighted by Crippen LogP contribution is 2.23. The molecule has 2 aromatic carbocycles. The molecular weight excluding hydrogens is 400 g/mol. The highest BCUT2D eigenvalue weighted by Gasteiger charge is 2.35. The van der Waals surface area contributed by atoms with E-state index in [2.05, 4.69) is 5.16 Å². The van der Waals surface area contributed by atoms with E-state index in [0.717, 1.165) is 16.7 Å². The van der Waals surface area contributed by atoms with Crippen molar-refractivity contribution < 1.29 is 17.7 Å². The van der Waals surface area contributed by atoms with Crippen LogP contribution >= 0.6 is 0 Å². The minimum atomic E-state index is -3.11. The van der Waals surface area contributed by atoms with Crippen LogP contribution in [0.1, 0.15) is 23.3 Å². The second-order valence-corrected chi connectivity index (χ2v) is 10.0. The molecule has 0 saturated carbocycles. The van der Waals surface area contributed by atoms with Gasteiger partial charge >= 0.3 is 0 Å². The zero-order chi connectivity index (χ0) is 21.1. The van der Waals surface area contributed by atoms with Crippen LogP contribution in [-0.2, 0) is 27.6 Å². The maximum atomic E-state index is 13.2. The van der Waals surface area contributed by atoms with Gasteiger partial charge in [0.25, 0.3) is 0 Å². The van der Waals surface area contributed by atoms with Crippen LogP contribution in [0.2, 0.25) is 0 Å². The summed E-state index contributed by atoms with van der Waals surface area (Å²) in [5.41, 5.74) is 3.70. The van der Waals surface area contributed by atoms with Gasteiger partial charge in [-0.1, -0.05) is 65.3 Å². The van der Waals surface area contributed by atoms with Crippen LogP contribution in [-0.4, -0.2) is 41.9 Å². The van der Waals surface area contributed by atoms with Crippen LogP contribution in [0.3, 0.4) is 0 Å². The van der Waals surface area contributed by atoms with Crippen molar-refractivity contribution in [1.82, 2.24) is 10.1 Å². The molecule has 4 rings (SSSR count). The van der Waals surface area contributed by atoms with Gasteiger partial charge in [-0.15, -0.1) is 0 Å². The maximum Gasteiger partial charge on any atom is 0.230 e. The highest BCUT2D eigenvalue weighted by atomic mass is 32.2. The Balaban J connectivity index is 1.53. The first kappa shape index (κ1) is 20.3. The Hall–Kier alpha value is -2.93. The number of rotatable bonds is 6. The molecule has 0 spiro atoms. The fourth-order valence-corrected chi connectivity index (χ4v) is 5.45. The molecule has 1 unspecified atom stereocenters. The van der Waals surface area contributed by atoms with Gasteiger partial charge in [-0.3, -0.25) is 4.79 Å². The Bertz CT molecular complexity index is 1120. The fourth-order valence-electron chi connectivity index (χ4n) is 3.72. The summed E-state index contributed by atoms with van der Waals surface area (Å²) in [5, 5.41) is 4.07. The lowest BCUT2D eigenvalue weighted by Gasteiger charge is -2.28. The molecule has 0 N–H and O–H groups in total. The summed E-state index contributed by atoms with van der Waals surface area (Å²) in [5.74, 6) is 0.438. The minimum Gasteiger partial charge on any atom is -0.360 e. The lowest BCUT2D eigenvalue weighted by atomic mass is 10.1. The zero-order valence-corrected chi connectivity index (χ0v) is 17.6. The van der Waals surface area contributed by atoms with Crippen LogP contribution in [0.25, 0.3) is 11.3 Å². The predicted octanol–water partition coefficient (Wildman–Crippen LogP) is 3.41. The molecule has 1 aromatic heterocycles. The van der Waals surface area contributed by atoms with Crippen molar-refractivity contribution in [2.24, 2.45) is 0 Å². The third kappa shape index (κ3) is 4.79. The number of aryl methyl sites for hydroxylation is 1. The Morgan fingerprint density at radius 2 is 1.87 bits per heavy atom. The van der Waals surface area contributed by atoms with E-state index in [1.54, 1.807) is 11.0 Å². The first-order valence-electron chi connectivity index (χ1n) is 9.96. The van der Waals surface area contributed by atoms with Crippen LogP contribution in [0.5, 0.6) is 0 Å². The predicted molar refractivity (Wildman–Crippen MR) is 114 cm³/mol. The third-order valence-electron chi connectivity index (χ3n) is 5.40. The van der Waals surface area contributed by atoms with Crippen molar-refractivity contribution in [3.05, 3.63) is 77.6 Å². The summed E-state index contributed by atoms with van der Waals surface area (Å²) >= 11 is 0. The molecule has 1 saturated heterocycles. The number of hydrogen-bond donors (Lipinski definition) is 0. The monoisotopic (exact) mass is 424 g/mol. The summed E-state index contributed by atoms with van der Waals surface area (Å²) in [6.45, 7) is 2.38. The molecular formula is C23H24N2O4S. The number of carbonyl (C=O) groups is 1. The number of aromatic nitrogens is 1. The normalized spacial score (nSPS) is 17.7. The highest BCUT2D eigenvalue weighted by molar-refractivity contribution is 7.91. The van der Waals surface area contributed by atoms with Crippen molar-refractivity contribution in [2.75, 3.05) is 11.5 Å². The quantitative estimate of drug-likeness (QED) is 0.606. The standard InChI is InChI=1S/C23H24N2O4S/c1-17-7-9-18(10-8-17)15-25(20-11-12-30(27,28)16-20)23(26)14-21-13-22(24-29-21)19-5-3-2-4-6-19/h2-10,13,20H,11-12,14-16H2,1H3. The fraction of sp³-hybridized carbons (Fsp3) is 0.304. The number of benzene rings is 2. The Morgan fingerprint density at radius 1 is 1.13 bits per heavy atom. The van der Waals surface area contributed by atoms with Gasteiger partial charge in [0.1, 0.15) is 11.5 Å². The molecule has 7 heteroatoms. The van der Waals surface area contributed by atoms with E-state index in [0.29, 0.717) is 24.4 Å². The summed E-state index contributed by atoms with van der Waals surface area (Å²) in [4.78, 5) is 14.9. The van der Waals surface area contributed by atoms with Crippen LogP contribution in [0, 0.1) is 6.92 Å². The van der Waals surface area contributed by atoms with Crippen molar-refractivity contribution in [2.45, 2.75) is 32.4 Å². The molecule has 1 atom stereocenters. The lowest BCUT2D eigenvalue weighted by molar-refractivity contribution is -0.133. The topological polar surface area (TPSA) is 80.5 Å². The number of sulfone groups is 1. The Morgan fingerprint density at radius 3 is 2.53 bits per heavy atom. The molecule has 1 aliphatic rings. The van der Waals surface area contributed by atoms with Crippen molar-refractivity contribution >= 4 is 15.7 Å². The Labute approximate surface area is 176 Å². The van der Waals surface area contributed by atoms with Gasteiger partial charge in [0.2, 0.25) is 5.91 Å². The van der Waals surface area contributed by atoms with E-state index in [1.807, 2.05) is 61.5 Å². The molecule has 0 bridgehead atoms. The second-order valence-electron chi connectivity index (χ2n) is 7.79. The molecule has 3 aromatic rings. The number of amides is 1. The average molecular weight is 425 g/mol. The molecule has 1 aliphatic heterocycles. The van der Waals surface area contributed by atoms with E-state index in [4.69, 9.17) is 4.52 Å². The lowest BCUT2D eigenvalue weighted by Crippen LogP contribution is -2.41. The molecule has 30 heavy (non-hydrogen) atoms. The minimum absolute atomic E-state index is 0.0102. The van der Waals surface area contributed by atoms with E-state index < -0.39 is 9.84 Å². The van der Waals surface area contributed by atoms with Gasteiger partial charge in [0.05, 0.1) is 17.9 Å². The first-order chi connectivity index (χ1) is 14.4. The smallest absolute Gasteiger partial charge is 0.230 e. The van der Waals surface area contributed by atoms with Crippen molar-refractivity contribution in [3.63, 3.8) is 0 Å². The third-order valence-corrected chi connectivity index (χ3v) is 7.15. The van der Waals surface area contributed by atoms with E-state index in [1.165, 1.54) is 0 Å². The van der Waals surface area contributed by atoms with Crippen LogP contribution in [0.4, 0.5) is 0 Å². The number of carbonyl (C=O) groups excluding carboxylic acids is 1. The summed E-state index contributed by atoms with van der Waals surface area (Å²) in [7, 11) is -3.11. The van der Waals surface area contributed by atoms with Gasteiger partial charge in [-0.25, -0.2) is 8.42 Å². The second kappa shape index (κ2) is 8.44. The van der Waals surface area contributed by atoms with Gasteiger partial charge < -0.3 is 9.42 Å². The van der Waals surface area contributed by atoms with E-state index in [9.17, 15) is 13.2 Å². The maximum absolute atomic E-state index is 13.2. The molecule has 0 aliphatic carbocycles. The van der Waals surface area contributed by atoms with Gasteiger partial charge in [0, 0.05) is 24.2 Å². The van der Waals surface area contributed by atoms with Crippen LogP contribution in [0.15, 0.2) is 65.2 Å². The summed E-state index contributed by atoms with van der Waals surface area (Å²) < 4.78 is 29.4. The zero-order valence-electron chi connectivity index (χ0n) is 16.8. The summed E-state index contributed by atoms with van der Waals surface area (Å²) in [6, 6.07) is 19.0. The summed E-state index contributed by atoms with van der Waals surface area (Å²) in [6.07, 6.45) is 0.508. The molecule has 0 radical (unpaired) electrons. The molecule has 156 valence electrons. The van der Waals surface area contributed by atoms with E-state index >= 15 is 0 Å². The average Bonchev–Trinajstić information content (AvgIpc) is 3.34. The first-order valence-corrected chi connectivity index (χ1v) is 11.8. The molecule has 6 nitrogen and oxygen atoms in total. The van der Waals surface area contributed by atoms with Gasteiger partial charge in [0.15, 0.2) is 9.84 Å². The Kier molecular flexibility index (Phi) is 5.72. The number of hydrogen-bond acceptors (Lipinski definition) is 5. The molecule has 2 heterocycles. The number of nitrogens with zero attached hydrogens (tertiary/aromatic N) is 2. The van der Waals surface area contributed by atoms with Crippen molar-refractivity contribution in [1.29, 1.82) is 0 Å². The van der Waals surface area contributed by atoms with Gasteiger partial charge in [-0.05, 0) is 18.9 Å². The molecule has 1 amide bonds. The molecule has 1 fully saturated rings. The SMILES string of the molecule is Cc1ccc(CN(C(=O)Cc2cc(-c3ccccc3)no2)C2CCS(=O)(=O)C2)cc1. The van der Waals surface area contributed by atoms with Crippen molar-refractivity contribution in [3.8, 4) is 11.3 Å².